The van der Waals surface area contributed by atoms with Crippen molar-refractivity contribution in [2.45, 2.75) is 87.8 Å². The highest BCUT2D eigenvalue weighted by molar-refractivity contribution is 5.94. The molecule has 2 bridgehead atoms. The van der Waals surface area contributed by atoms with Crippen molar-refractivity contribution in [1.82, 2.24) is 9.80 Å². The van der Waals surface area contributed by atoms with Gasteiger partial charge in [-0.3, -0.25) is 19.3 Å². The van der Waals surface area contributed by atoms with E-state index in [9.17, 15) is 27.6 Å². The summed E-state index contributed by atoms with van der Waals surface area (Å²) in [6, 6.07) is 7.51. The number of carbonyl (C=O) groups excluding carboxylic acids is 3. The Kier molecular flexibility index (Phi) is 7.16. The maximum absolute atomic E-state index is 13.5. The SMILES string of the molecule is CC(=O)Oc1ccc2c3c1O[C@H]1[C@H](N(C)C(=O)C#Cc4ccc(C(F)(F)F)cc4)CC[C@@]4(OC(C)=O)[C@@H](C2)N(CC2CC2)CC[C@]314. The Bertz CT molecular complexity index is 1680. The number of ether oxygens (including phenoxy) is 3. The molecule has 242 valence electrons. The molecule has 3 fully saturated rings. The summed E-state index contributed by atoms with van der Waals surface area (Å²) in [7, 11) is 1.65. The monoisotopic (exact) mass is 636 g/mol. The predicted octanol–water partition coefficient (Wildman–Crippen LogP) is 4.64. The van der Waals surface area contributed by atoms with Crippen LogP contribution in [0.15, 0.2) is 36.4 Å². The fraction of sp³-hybridized carbons (Fsp3) is 0.514. The number of hydrogen-bond donors (Lipinski definition) is 0. The molecule has 46 heavy (non-hydrogen) atoms. The number of likely N-dealkylation sites (tertiary alicyclic amines) is 1. The third-order valence-corrected chi connectivity index (χ3v) is 10.6. The molecule has 0 N–H and O–H groups in total. The van der Waals surface area contributed by atoms with Crippen molar-refractivity contribution in [2.75, 3.05) is 20.1 Å². The number of likely N-dealkylation sites (N-methyl/N-ethyl adjacent to an activating group) is 1. The maximum atomic E-state index is 13.5. The van der Waals surface area contributed by atoms with Gasteiger partial charge < -0.3 is 19.1 Å². The molecule has 2 aliphatic heterocycles. The first-order valence-electron chi connectivity index (χ1n) is 15.7. The molecule has 2 saturated carbocycles. The third-order valence-electron chi connectivity index (χ3n) is 10.6. The van der Waals surface area contributed by atoms with E-state index in [-0.39, 0.29) is 17.6 Å². The summed E-state index contributed by atoms with van der Waals surface area (Å²) < 4.78 is 57.9. The number of rotatable bonds is 5. The zero-order valence-electron chi connectivity index (χ0n) is 25.9. The van der Waals surface area contributed by atoms with Crippen LogP contribution in [0.3, 0.4) is 0 Å². The van der Waals surface area contributed by atoms with Crippen LogP contribution in [0.1, 0.15) is 68.2 Å². The number of esters is 2. The van der Waals surface area contributed by atoms with Crippen LogP contribution in [0.25, 0.3) is 0 Å². The molecule has 7 rings (SSSR count). The fourth-order valence-corrected chi connectivity index (χ4v) is 8.62. The van der Waals surface area contributed by atoms with Crippen LogP contribution in [0.5, 0.6) is 11.5 Å². The van der Waals surface area contributed by atoms with E-state index in [2.05, 4.69) is 16.7 Å². The van der Waals surface area contributed by atoms with Crippen molar-refractivity contribution in [3.8, 4) is 23.3 Å². The van der Waals surface area contributed by atoms with Gasteiger partial charge >= 0.3 is 18.1 Å². The lowest BCUT2D eigenvalue weighted by molar-refractivity contribution is -0.223. The standard InChI is InChI=1S/C35H35F3N2O6/c1-20(41)44-27-12-9-24-18-28-34(46-21(2)42)15-14-26(39(3)29(43)13-8-22-6-10-25(11-7-22)35(36,37)38)32-33(34,30(24)31(27)45-32)16-17-40(28)19-23-4-5-23/h6-7,9-12,23,26,28,32H,4-5,14-19H2,1-3H3/t26-,28-,32+,33+,34-/m1/s1. The quantitative estimate of drug-likeness (QED) is 0.269. The summed E-state index contributed by atoms with van der Waals surface area (Å²) in [5.41, 5.74) is -0.293. The normalized spacial score (nSPS) is 29.0. The van der Waals surface area contributed by atoms with Gasteiger partial charge in [0.05, 0.1) is 23.1 Å². The molecule has 5 atom stereocenters. The van der Waals surface area contributed by atoms with Crippen molar-refractivity contribution in [3.05, 3.63) is 58.7 Å². The number of amides is 1. The Morgan fingerprint density at radius 1 is 1.04 bits per heavy atom. The molecule has 0 aromatic heterocycles. The molecule has 2 aromatic rings. The molecular formula is C35H35F3N2O6. The van der Waals surface area contributed by atoms with Gasteiger partial charge in [-0.15, -0.1) is 0 Å². The van der Waals surface area contributed by atoms with Gasteiger partial charge in [0.2, 0.25) is 0 Å². The Morgan fingerprint density at radius 3 is 2.43 bits per heavy atom. The van der Waals surface area contributed by atoms with Gasteiger partial charge in [0.1, 0.15) is 11.7 Å². The summed E-state index contributed by atoms with van der Waals surface area (Å²) in [6.45, 7) is 4.46. The summed E-state index contributed by atoms with van der Waals surface area (Å²) in [5, 5.41) is 0. The number of piperidine rings is 1. The van der Waals surface area contributed by atoms with Crippen LogP contribution in [-0.4, -0.2) is 71.6 Å². The minimum Gasteiger partial charge on any atom is -0.483 e. The van der Waals surface area contributed by atoms with Crippen LogP contribution < -0.4 is 9.47 Å². The lowest BCUT2D eigenvalue weighted by Crippen LogP contribution is -2.79. The lowest BCUT2D eigenvalue weighted by atomic mass is 9.48. The second kappa shape index (κ2) is 10.8. The number of benzene rings is 2. The van der Waals surface area contributed by atoms with Crippen molar-refractivity contribution >= 4 is 17.8 Å². The Morgan fingerprint density at radius 2 is 1.78 bits per heavy atom. The highest BCUT2D eigenvalue weighted by atomic mass is 19.4. The molecule has 5 aliphatic rings. The van der Waals surface area contributed by atoms with Crippen LogP contribution in [0.2, 0.25) is 0 Å². The number of carbonyl (C=O) groups is 3. The van der Waals surface area contributed by atoms with E-state index in [1.54, 1.807) is 13.1 Å². The zero-order chi connectivity index (χ0) is 32.6. The van der Waals surface area contributed by atoms with Gasteiger partial charge in [0, 0.05) is 44.5 Å². The van der Waals surface area contributed by atoms with Gasteiger partial charge in [-0.2, -0.15) is 13.2 Å². The third kappa shape index (κ3) is 4.75. The van der Waals surface area contributed by atoms with Crippen LogP contribution in [0, 0.1) is 17.8 Å². The molecule has 1 saturated heterocycles. The molecular weight excluding hydrogens is 601 g/mol. The predicted molar refractivity (Wildman–Crippen MR) is 159 cm³/mol. The molecule has 1 spiro atoms. The summed E-state index contributed by atoms with van der Waals surface area (Å²) >= 11 is 0. The van der Waals surface area contributed by atoms with Crippen molar-refractivity contribution in [3.63, 3.8) is 0 Å². The molecule has 8 nitrogen and oxygen atoms in total. The summed E-state index contributed by atoms with van der Waals surface area (Å²) in [6.07, 6.45) is -0.493. The van der Waals surface area contributed by atoms with Gasteiger partial charge in [0.25, 0.3) is 5.91 Å². The van der Waals surface area contributed by atoms with E-state index in [1.165, 1.54) is 43.7 Å². The number of alkyl halides is 3. The van der Waals surface area contributed by atoms with E-state index >= 15 is 0 Å². The number of halogens is 3. The molecule has 3 aliphatic carbocycles. The number of nitrogens with zero attached hydrogens (tertiary/aromatic N) is 2. The summed E-state index contributed by atoms with van der Waals surface area (Å²) in [5.74, 6) is 5.29. The molecule has 11 heteroatoms. The highest BCUT2D eigenvalue weighted by Gasteiger charge is 2.75. The molecule has 2 heterocycles. The Balaban J connectivity index is 1.28. The molecule has 1 amide bonds. The first kappa shape index (κ1) is 30.6. The minimum atomic E-state index is -4.47. The zero-order valence-corrected chi connectivity index (χ0v) is 25.9. The first-order valence-corrected chi connectivity index (χ1v) is 15.7. The summed E-state index contributed by atoms with van der Waals surface area (Å²) in [4.78, 5) is 42.6. The van der Waals surface area contributed by atoms with E-state index in [0.717, 1.165) is 36.3 Å². The maximum Gasteiger partial charge on any atom is 0.416 e. The number of hydrogen-bond acceptors (Lipinski definition) is 7. The Hall–Kier alpha value is -4.04. The smallest absolute Gasteiger partial charge is 0.416 e. The van der Waals surface area contributed by atoms with Crippen molar-refractivity contribution in [1.29, 1.82) is 0 Å². The average molecular weight is 637 g/mol. The molecule has 0 radical (unpaired) electrons. The van der Waals surface area contributed by atoms with Crippen LogP contribution in [-0.2, 0) is 37.1 Å². The van der Waals surface area contributed by atoms with E-state index in [0.29, 0.717) is 43.1 Å². The van der Waals surface area contributed by atoms with Crippen LogP contribution in [0.4, 0.5) is 13.2 Å². The fourth-order valence-electron chi connectivity index (χ4n) is 8.62. The second-order valence-corrected chi connectivity index (χ2v) is 13.3. The highest BCUT2D eigenvalue weighted by Crippen LogP contribution is 2.67. The Labute approximate surface area is 265 Å². The molecule has 2 aromatic carbocycles. The second-order valence-electron chi connectivity index (χ2n) is 13.3. The van der Waals surface area contributed by atoms with Gasteiger partial charge in [-0.25, -0.2) is 0 Å². The van der Waals surface area contributed by atoms with E-state index in [4.69, 9.17) is 14.2 Å². The van der Waals surface area contributed by atoms with Gasteiger partial charge in [-0.1, -0.05) is 12.0 Å². The van der Waals surface area contributed by atoms with Crippen LogP contribution >= 0.6 is 0 Å². The molecule has 0 unspecified atom stereocenters. The van der Waals surface area contributed by atoms with E-state index in [1.807, 2.05) is 6.07 Å². The average Bonchev–Trinajstić information content (AvgIpc) is 3.74. The van der Waals surface area contributed by atoms with Crippen molar-refractivity contribution in [2.24, 2.45) is 5.92 Å². The largest absolute Gasteiger partial charge is 0.483 e. The lowest BCUT2D eigenvalue weighted by Gasteiger charge is -2.65. The van der Waals surface area contributed by atoms with Gasteiger partial charge in [-0.05, 0) is 86.9 Å². The van der Waals surface area contributed by atoms with Crippen molar-refractivity contribution < 1.29 is 41.8 Å². The first-order chi connectivity index (χ1) is 21.8. The minimum absolute atomic E-state index is 0.0868. The van der Waals surface area contributed by atoms with Gasteiger partial charge in [0.15, 0.2) is 11.5 Å². The topological polar surface area (TPSA) is 85.4 Å². The van der Waals surface area contributed by atoms with E-state index < -0.39 is 46.8 Å².